The third-order valence-electron chi connectivity index (χ3n) is 4.38. The minimum absolute atomic E-state index is 0.133. The Morgan fingerprint density at radius 2 is 1.81 bits per heavy atom. The molecule has 0 radical (unpaired) electrons. The maximum Gasteiger partial charge on any atom is 0.257 e. The summed E-state index contributed by atoms with van der Waals surface area (Å²) in [7, 11) is 0. The van der Waals surface area contributed by atoms with Crippen molar-refractivity contribution in [1.82, 2.24) is 14.6 Å². The number of nitrogens with zero attached hydrogens (tertiary/aromatic N) is 3. The van der Waals surface area contributed by atoms with Gasteiger partial charge in [0.05, 0.1) is 11.3 Å². The second kappa shape index (κ2) is 8.97. The molecule has 0 saturated heterocycles. The summed E-state index contributed by atoms with van der Waals surface area (Å²) in [4.78, 5) is 24.8. The van der Waals surface area contributed by atoms with Crippen LogP contribution in [0, 0.1) is 12.7 Å². The van der Waals surface area contributed by atoms with Crippen molar-refractivity contribution in [3.05, 3.63) is 83.8 Å². The Balaban J connectivity index is 1.44. The minimum Gasteiger partial charge on any atom is -0.325 e. The number of aryl methyl sites for hydroxylation is 1. The van der Waals surface area contributed by atoms with E-state index in [1.807, 2.05) is 31.2 Å². The van der Waals surface area contributed by atoms with Gasteiger partial charge in [-0.2, -0.15) is 0 Å². The van der Waals surface area contributed by atoms with Crippen molar-refractivity contribution in [3.8, 4) is 0 Å². The summed E-state index contributed by atoms with van der Waals surface area (Å²) in [6.07, 6.45) is 1.59. The van der Waals surface area contributed by atoms with Crippen LogP contribution in [0.1, 0.15) is 15.9 Å². The number of benzene rings is 2. The average Bonchev–Trinajstić information content (AvgIpc) is 3.16. The Morgan fingerprint density at radius 3 is 2.58 bits per heavy atom. The Kier molecular flexibility index (Phi) is 5.94. The number of rotatable bonds is 6. The number of aromatic nitrogens is 3. The maximum atomic E-state index is 13.3. The van der Waals surface area contributed by atoms with Crippen molar-refractivity contribution < 1.29 is 14.0 Å². The first-order chi connectivity index (χ1) is 15.0. The molecular weight excluding hydrogens is 417 g/mol. The SMILES string of the molecule is Cc1ccc(NC(=O)CSc2nnc3ccc(C(=O)Nc4cccc(F)c4)cn23)cc1. The predicted octanol–water partition coefficient (Wildman–Crippen LogP) is 4.16. The number of hydrogen-bond donors (Lipinski definition) is 2. The minimum atomic E-state index is -0.435. The lowest BCUT2D eigenvalue weighted by molar-refractivity contribution is -0.113. The van der Waals surface area contributed by atoms with Crippen LogP contribution in [0.4, 0.5) is 15.8 Å². The van der Waals surface area contributed by atoms with Crippen LogP contribution in [0.2, 0.25) is 0 Å². The Hall–Kier alpha value is -3.72. The Morgan fingerprint density at radius 1 is 1.00 bits per heavy atom. The number of halogens is 1. The van der Waals surface area contributed by atoms with Gasteiger partial charge in [-0.3, -0.25) is 14.0 Å². The van der Waals surface area contributed by atoms with Gasteiger partial charge in [0, 0.05) is 17.6 Å². The molecule has 0 saturated carbocycles. The van der Waals surface area contributed by atoms with E-state index in [0.29, 0.717) is 22.1 Å². The molecule has 4 rings (SSSR count). The third kappa shape index (κ3) is 5.07. The summed E-state index contributed by atoms with van der Waals surface area (Å²) in [5.41, 5.74) is 3.08. The summed E-state index contributed by atoms with van der Waals surface area (Å²) in [6, 6.07) is 16.5. The number of anilines is 2. The standard InChI is InChI=1S/C22H18FN5O2S/c1-14-5-8-17(9-6-14)24-20(29)13-31-22-27-26-19-10-7-15(12-28(19)22)21(30)25-18-4-2-3-16(23)11-18/h2-12H,13H2,1H3,(H,24,29)(H,25,30). The summed E-state index contributed by atoms with van der Waals surface area (Å²) >= 11 is 1.21. The number of fused-ring (bicyclic) bond motifs is 1. The lowest BCUT2D eigenvalue weighted by atomic mass is 10.2. The van der Waals surface area contributed by atoms with Gasteiger partial charge in [-0.25, -0.2) is 4.39 Å². The van der Waals surface area contributed by atoms with E-state index in [4.69, 9.17) is 0 Å². The van der Waals surface area contributed by atoms with Crippen LogP contribution in [0.5, 0.6) is 0 Å². The molecule has 31 heavy (non-hydrogen) atoms. The highest BCUT2D eigenvalue weighted by molar-refractivity contribution is 7.99. The van der Waals surface area contributed by atoms with Crippen LogP contribution in [-0.4, -0.2) is 32.2 Å². The first kappa shape index (κ1) is 20.5. The van der Waals surface area contributed by atoms with Gasteiger partial charge in [0.2, 0.25) is 5.91 Å². The first-order valence-electron chi connectivity index (χ1n) is 9.39. The van der Waals surface area contributed by atoms with E-state index in [-0.39, 0.29) is 11.7 Å². The van der Waals surface area contributed by atoms with Gasteiger partial charge in [-0.1, -0.05) is 35.5 Å². The van der Waals surface area contributed by atoms with E-state index in [2.05, 4.69) is 20.8 Å². The highest BCUT2D eigenvalue weighted by atomic mass is 32.2. The van der Waals surface area contributed by atoms with Crippen LogP contribution < -0.4 is 10.6 Å². The summed E-state index contributed by atoms with van der Waals surface area (Å²) < 4.78 is 15.0. The van der Waals surface area contributed by atoms with Crippen molar-refractivity contribution in [2.75, 3.05) is 16.4 Å². The summed E-state index contributed by atoms with van der Waals surface area (Å²) in [6.45, 7) is 1.98. The molecule has 0 aliphatic carbocycles. The molecule has 9 heteroatoms. The van der Waals surface area contributed by atoms with Crippen LogP contribution in [-0.2, 0) is 4.79 Å². The smallest absolute Gasteiger partial charge is 0.257 e. The number of pyridine rings is 1. The van der Waals surface area contributed by atoms with Gasteiger partial charge in [0.15, 0.2) is 10.8 Å². The molecule has 2 heterocycles. The number of amides is 2. The highest BCUT2D eigenvalue weighted by Crippen LogP contribution is 2.19. The first-order valence-corrected chi connectivity index (χ1v) is 10.4. The van der Waals surface area contributed by atoms with E-state index in [1.165, 1.54) is 30.0 Å². The van der Waals surface area contributed by atoms with E-state index in [0.717, 1.165) is 11.3 Å². The van der Waals surface area contributed by atoms with Crippen molar-refractivity contribution in [2.24, 2.45) is 0 Å². The van der Waals surface area contributed by atoms with Gasteiger partial charge < -0.3 is 10.6 Å². The fraction of sp³-hybridized carbons (Fsp3) is 0.0909. The largest absolute Gasteiger partial charge is 0.325 e. The average molecular weight is 435 g/mol. The molecule has 2 N–H and O–H groups in total. The number of carbonyl (C=O) groups is 2. The molecular formula is C22H18FN5O2S. The van der Waals surface area contributed by atoms with Gasteiger partial charge in [0.1, 0.15) is 5.82 Å². The van der Waals surface area contributed by atoms with Gasteiger partial charge in [-0.05, 0) is 49.4 Å². The molecule has 2 amide bonds. The van der Waals surface area contributed by atoms with Gasteiger partial charge in [0.25, 0.3) is 5.91 Å². The second-order valence-electron chi connectivity index (χ2n) is 6.80. The molecule has 2 aromatic heterocycles. The number of hydrogen-bond acceptors (Lipinski definition) is 5. The van der Waals surface area contributed by atoms with Gasteiger partial charge >= 0.3 is 0 Å². The maximum absolute atomic E-state index is 13.3. The highest BCUT2D eigenvalue weighted by Gasteiger charge is 2.13. The molecule has 7 nitrogen and oxygen atoms in total. The number of carbonyl (C=O) groups excluding carboxylic acids is 2. The molecule has 0 fully saturated rings. The quantitative estimate of drug-likeness (QED) is 0.444. The van der Waals surface area contributed by atoms with Crippen LogP contribution in [0.25, 0.3) is 5.65 Å². The summed E-state index contributed by atoms with van der Waals surface area (Å²) in [5, 5.41) is 14.1. The molecule has 0 aliphatic rings. The van der Waals surface area contributed by atoms with Crippen LogP contribution >= 0.6 is 11.8 Å². The molecule has 0 spiro atoms. The molecule has 0 atom stereocenters. The lowest BCUT2D eigenvalue weighted by Gasteiger charge is -2.07. The van der Waals surface area contributed by atoms with E-state index >= 15 is 0 Å². The number of thioether (sulfide) groups is 1. The third-order valence-corrected chi connectivity index (χ3v) is 5.33. The van der Waals surface area contributed by atoms with E-state index in [9.17, 15) is 14.0 Å². The van der Waals surface area contributed by atoms with Gasteiger partial charge in [-0.15, -0.1) is 10.2 Å². The molecule has 4 aromatic rings. The lowest BCUT2D eigenvalue weighted by Crippen LogP contribution is -2.14. The zero-order valence-corrected chi connectivity index (χ0v) is 17.3. The zero-order chi connectivity index (χ0) is 21.8. The second-order valence-corrected chi connectivity index (χ2v) is 7.74. The fourth-order valence-corrected chi connectivity index (χ4v) is 3.55. The molecule has 0 aliphatic heterocycles. The Bertz CT molecular complexity index is 1260. The number of nitrogens with one attached hydrogen (secondary N) is 2. The van der Waals surface area contributed by atoms with E-state index < -0.39 is 11.7 Å². The van der Waals surface area contributed by atoms with Crippen molar-refractivity contribution >= 4 is 40.6 Å². The summed E-state index contributed by atoms with van der Waals surface area (Å²) in [5.74, 6) is -0.872. The molecule has 156 valence electrons. The zero-order valence-electron chi connectivity index (χ0n) is 16.5. The fourth-order valence-electron chi connectivity index (χ4n) is 2.84. The van der Waals surface area contributed by atoms with Crippen LogP contribution in [0.15, 0.2) is 72.0 Å². The predicted molar refractivity (Wildman–Crippen MR) is 118 cm³/mol. The van der Waals surface area contributed by atoms with E-state index in [1.54, 1.807) is 28.8 Å². The topological polar surface area (TPSA) is 88.4 Å². The van der Waals surface area contributed by atoms with Crippen molar-refractivity contribution in [3.63, 3.8) is 0 Å². The Labute approximate surface area is 181 Å². The molecule has 0 bridgehead atoms. The van der Waals surface area contributed by atoms with Crippen molar-refractivity contribution in [1.29, 1.82) is 0 Å². The molecule has 0 unspecified atom stereocenters. The van der Waals surface area contributed by atoms with Crippen LogP contribution in [0.3, 0.4) is 0 Å². The van der Waals surface area contributed by atoms with Crippen molar-refractivity contribution in [2.45, 2.75) is 12.1 Å². The molecule has 2 aromatic carbocycles. The monoisotopic (exact) mass is 435 g/mol. The normalized spacial score (nSPS) is 10.8.